The van der Waals surface area contributed by atoms with Gasteiger partial charge < -0.3 is 10.4 Å². The van der Waals surface area contributed by atoms with Gasteiger partial charge in [0.05, 0.1) is 18.4 Å². The van der Waals surface area contributed by atoms with Crippen LogP contribution >= 0.6 is 11.6 Å². The number of rotatable bonds is 8. The van der Waals surface area contributed by atoms with Gasteiger partial charge in [0.15, 0.2) is 0 Å². The topological polar surface area (TPSA) is 114 Å². The van der Waals surface area contributed by atoms with Gasteiger partial charge in [-0.05, 0) is 29.8 Å². The number of aromatic nitrogens is 3. The maximum atomic E-state index is 12.4. The number of halogens is 1. The Labute approximate surface area is 171 Å². The van der Waals surface area contributed by atoms with Crippen molar-refractivity contribution in [3.8, 4) is 0 Å². The number of hydrogen-bond acceptors (Lipinski definition) is 5. The van der Waals surface area contributed by atoms with Crippen LogP contribution < -0.4 is 10.9 Å². The third-order valence-electron chi connectivity index (χ3n) is 4.49. The lowest BCUT2D eigenvalue weighted by Crippen LogP contribution is -2.32. The molecule has 1 atom stereocenters. The van der Waals surface area contributed by atoms with Gasteiger partial charge in [0.25, 0.3) is 5.56 Å². The summed E-state index contributed by atoms with van der Waals surface area (Å²) in [4.78, 5) is 35.8. The summed E-state index contributed by atoms with van der Waals surface area (Å²) in [6.45, 7) is 0.234. The highest BCUT2D eigenvalue weighted by atomic mass is 35.5. The Kier molecular flexibility index (Phi) is 6.56. The fourth-order valence-electron chi connectivity index (χ4n) is 2.96. The zero-order valence-electron chi connectivity index (χ0n) is 15.4. The molecular formula is C20H19ClN4O4. The van der Waals surface area contributed by atoms with E-state index in [-0.39, 0.29) is 37.4 Å². The summed E-state index contributed by atoms with van der Waals surface area (Å²) in [7, 11) is 0. The van der Waals surface area contributed by atoms with Crippen molar-refractivity contribution in [3.05, 3.63) is 69.5 Å². The maximum Gasteiger partial charge on any atom is 0.304 e. The quantitative estimate of drug-likeness (QED) is 0.584. The largest absolute Gasteiger partial charge is 0.481 e. The number of carboxylic acids is 1. The molecule has 8 nitrogen and oxygen atoms in total. The Morgan fingerprint density at radius 2 is 1.86 bits per heavy atom. The second kappa shape index (κ2) is 9.29. The maximum absolute atomic E-state index is 12.4. The number of benzene rings is 2. The van der Waals surface area contributed by atoms with Crippen molar-refractivity contribution in [1.29, 1.82) is 0 Å². The Morgan fingerprint density at radius 3 is 2.59 bits per heavy atom. The monoisotopic (exact) mass is 414 g/mol. The number of amides is 1. The molecule has 0 radical (unpaired) electrons. The van der Waals surface area contributed by atoms with E-state index in [1.54, 1.807) is 48.5 Å². The van der Waals surface area contributed by atoms with Crippen molar-refractivity contribution in [2.75, 3.05) is 6.54 Å². The van der Waals surface area contributed by atoms with Gasteiger partial charge in [0.2, 0.25) is 5.91 Å². The zero-order valence-corrected chi connectivity index (χ0v) is 16.2. The van der Waals surface area contributed by atoms with E-state index in [1.807, 2.05) is 0 Å². The fourth-order valence-corrected chi connectivity index (χ4v) is 3.08. The zero-order chi connectivity index (χ0) is 20.8. The molecule has 29 heavy (non-hydrogen) atoms. The van der Waals surface area contributed by atoms with Crippen molar-refractivity contribution >= 4 is 34.4 Å². The smallest absolute Gasteiger partial charge is 0.304 e. The number of carboxylic acid groups (broad SMARTS) is 1. The minimum atomic E-state index is -0.961. The first kappa shape index (κ1) is 20.5. The van der Waals surface area contributed by atoms with E-state index in [1.165, 1.54) is 0 Å². The highest BCUT2D eigenvalue weighted by molar-refractivity contribution is 6.30. The Bertz CT molecular complexity index is 1080. The molecule has 0 fully saturated rings. The summed E-state index contributed by atoms with van der Waals surface area (Å²) in [6, 6.07) is 13.7. The third kappa shape index (κ3) is 5.39. The van der Waals surface area contributed by atoms with Gasteiger partial charge >= 0.3 is 5.97 Å². The number of aliphatic carboxylic acids is 1. The molecule has 150 valence electrons. The normalized spacial score (nSPS) is 11.9. The van der Waals surface area contributed by atoms with Gasteiger partial charge in [0, 0.05) is 23.9 Å². The molecule has 0 aliphatic rings. The van der Waals surface area contributed by atoms with Crippen LogP contribution in [0.15, 0.2) is 53.3 Å². The molecule has 1 heterocycles. The summed E-state index contributed by atoms with van der Waals surface area (Å²) in [5.74, 6) is -1.66. The fraction of sp³-hybridized carbons (Fsp3) is 0.250. The van der Waals surface area contributed by atoms with Crippen molar-refractivity contribution in [1.82, 2.24) is 20.3 Å². The summed E-state index contributed by atoms with van der Waals surface area (Å²) in [6.07, 6.45) is -0.106. The van der Waals surface area contributed by atoms with E-state index in [9.17, 15) is 14.4 Å². The van der Waals surface area contributed by atoms with Crippen LogP contribution in [0.3, 0.4) is 0 Å². The van der Waals surface area contributed by atoms with E-state index in [2.05, 4.69) is 15.6 Å². The molecular weight excluding hydrogens is 396 g/mol. The average Bonchev–Trinajstić information content (AvgIpc) is 2.71. The first-order valence-electron chi connectivity index (χ1n) is 9.00. The number of aryl methyl sites for hydroxylation is 1. The SMILES string of the molecule is O=C(O)C[C@H](CNC(=O)CCn1nnc2ccccc2c1=O)c1ccc(Cl)cc1. The molecule has 9 heteroatoms. The van der Waals surface area contributed by atoms with Gasteiger partial charge in [-0.1, -0.05) is 41.1 Å². The van der Waals surface area contributed by atoms with E-state index in [4.69, 9.17) is 16.7 Å². The molecule has 0 saturated heterocycles. The lowest BCUT2D eigenvalue weighted by molar-refractivity contribution is -0.137. The van der Waals surface area contributed by atoms with Gasteiger partial charge in [-0.15, -0.1) is 5.10 Å². The van der Waals surface area contributed by atoms with E-state index in [0.29, 0.717) is 15.9 Å². The second-order valence-electron chi connectivity index (χ2n) is 6.54. The van der Waals surface area contributed by atoms with E-state index >= 15 is 0 Å². The van der Waals surface area contributed by atoms with Crippen LogP contribution in [-0.4, -0.2) is 38.5 Å². The summed E-state index contributed by atoms with van der Waals surface area (Å²) in [5.41, 5.74) is 0.958. The lowest BCUT2D eigenvalue weighted by Gasteiger charge is -2.16. The van der Waals surface area contributed by atoms with Gasteiger partial charge in [-0.2, -0.15) is 0 Å². The molecule has 3 rings (SSSR count). The molecule has 0 unspecified atom stereocenters. The highest BCUT2D eigenvalue weighted by Crippen LogP contribution is 2.21. The highest BCUT2D eigenvalue weighted by Gasteiger charge is 2.17. The average molecular weight is 415 g/mol. The van der Waals surface area contributed by atoms with Crippen molar-refractivity contribution in [2.45, 2.75) is 25.3 Å². The summed E-state index contributed by atoms with van der Waals surface area (Å²) in [5, 5.41) is 20.7. The molecule has 0 bridgehead atoms. The van der Waals surface area contributed by atoms with Gasteiger partial charge in [0.1, 0.15) is 5.52 Å². The molecule has 0 spiro atoms. The van der Waals surface area contributed by atoms with Crippen LogP contribution in [-0.2, 0) is 16.1 Å². The second-order valence-corrected chi connectivity index (χ2v) is 6.97. The number of carbonyl (C=O) groups excluding carboxylic acids is 1. The Hall–Kier alpha value is -3.26. The van der Waals surface area contributed by atoms with Crippen LogP contribution in [0.2, 0.25) is 5.02 Å². The summed E-state index contributed by atoms with van der Waals surface area (Å²) >= 11 is 5.87. The minimum absolute atomic E-state index is 0.0212. The van der Waals surface area contributed by atoms with Crippen molar-refractivity contribution in [3.63, 3.8) is 0 Å². The van der Waals surface area contributed by atoms with E-state index in [0.717, 1.165) is 10.2 Å². The molecule has 3 aromatic rings. The minimum Gasteiger partial charge on any atom is -0.481 e. The standard InChI is InChI=1S/C20H19ClN4O4/c21-15-7-5-13(6-8-15)14(11-19(27)28)12-22-18(26)9-10-25-20(29)16-3-1-2-4-17(16)23-24-25/h1-8,14H,9-12H2,(H,22,26)(H,27,28)/t14-/m1/s1. The molecule has 1 aromatic heterocycles. The first-order valence-corrected chi connectivity index (χ1v) is 9.38. The molecule has 2 aromatic carbocycles. The molecule has 0 aliphatic carbocycles. The van der Waals surface area contributed by atoms with Crippen LogP contribution in [0.1, 0.15) is 24.3 Å². The predicted octanol–water partition coefficient (Wildman–Crippen LogP) is 2.21. The first-order chi connectivity index (χ1) is 13.9. The third-order valence-corrected chi connectivity index (χ3v) is 4.74. The molecule has 0 saturated carbocycles. The number of hydrogen-bond donors (Lipinski definition) is 2. The number of carbonyl (C=O) groups is 2. The number of nitrogens with one attached hydrogen (secondary N) is 1. The Balaban J connectivity index is 1.61. The van der Waals surface area contributed by atoms with E-state index < -0.39 is 11.9 Å². The lowest BCUT2D eigenvalue weighted by atomic mass is 9.95. The molecule has 2 N–H and O–H groups in total. The molecule has 1 amide bonds. The van der Waals surface area contributed by atoms with Crippen LogP contribution in [0.25, 0.3) is 10.9 Å². The van der Waals surface area contributed by atoms with Gasteiger partial charge in [-0.25, -0.2) is 4.68 Å². The van der Waals surface area contributed by atoms with Crippen molar-refractivity contribution < 1.29 is 14.7 Å². The van der Waals surface area contributed by atoms with Crippen LogP contribution in [0.4, 0.5) is 0 Å². The summed E-state index contributed by atoms with van der Waals surface area (Å²) < 4.78 is 1.15. The number of nitrogens with zero attached hydrogens (tertiary/aromatic N) is 3. The molecule has 0 aliphatic heterocycles. The predicted molar refractivity (Wildman–Crippen MR) is 108 cm³/mol. The number of fused-ring (bicyclic) bond motifs is 1. The van der Waals surface area contributed by atoms with Crippen molar-refractivity contribution in [2.24, 2.45) is 0 Å². The Morgan fingerprint density at radius 1 is 1.14 bits per heavy atom. The van der Waals surface area contributed by atoms with Crippen LogP contribution in [0, 0.1) is 0 Å². The van der Waals surface area contributed by atoms with Gasteiger partial charge in [-0.3, -0.25) is 14.4 Å². The van der Waals surface area contributed by atoms with Crippen LogP contribution in [0.5, 0.6) is 0 Å².